The Hall–Kier alpha value is -1.31. The topological polar surface area (TPSA) is 49.7 Å². The second-order valence-corrected chi connectivity index (χ2v) is 5.90. The molecule has 19 heavy (non-hydrogen) atoms. The van der Waals surface area contributed by atoms with Gasteiger partial charge >= 0.3 is 0 Å². The third-order valence-electron chi connectivity index (χ3n) is 4.50. The zero-order valence-electron chi connectivity index (χ0n) is 10.7. The van der Waals surface area contributed by atoms with Crippen LogP contribution < -0.4 is 0 Å². The van der Waals surface area contributed by atoms with E-state index in [-0.39, 0.29) is 5.75 Å². The Bertz CT molecular complexity index is 570. The molecule has 4 heteroatoms. The van der Waals surface area contributed by atoms with Gasteiger partial charge in [-0.2, -0.15) is 4.99 Å². The zero-order valence-corrected chi connectivity index (χ0v) is 11.5. The van der Waals surface area contributed by atoms with Gasteiger partial charge < -0.3 is 5.11 Å². The molecule has 1 aromatic rings. The lowest BCUT2D eigenvalue weighted by atomic mass is 9.86. The molecule has 3 rings (SSSR count). The van der Waals surface area contributed by atoms with E-state index in [4.69, 9.17) is 11.6 Å². The Morgan fingerprint density at radius 2 is 2.00 bits per heavy atom. The van der Waals surface area contributed by atoms with E-state index in [2.05, 4.69) is 4.99 Å². The number of nitrogens with zero attached hydrogens (tertiary/aromatic N) is 1. The summed E-state index contributed by atoms with van der Waals surface area (Å²) in [5.41, 5.74) is 2.38. The summed E-state index contributed by atoms with van der Waals surface area (Å²) in [6.07, 6.45) is 8.26. The minimum atomic E-state index is -0.604. The Labute approximate surface area is 117 Å². The Balaban J connectivity index is 2.19. The molecule has 1 N–H and O–H groups in total. The molecule has 0 atom stereocenters. The summed E-state index contributed by atoms with van der Waals surface area (Å²) < 4.78 is 0. The first-order chi connectivity index (χ1) is 9.18. The summed E-state index contributed by atoms with van der Waals surface area (Å²) in [4.78, 5) is 14.8. The summed E-state index contributed by atoms with van der Waals surface area (Å²) >= 11 is 6.29. The van der Waals surface area contributed by atoms with Crippen LogP contribution in [-0.2, 0) is 23.2 Å². The lowest BCUT2D eigenvalue weighted by Gasteiger charge is -2.25. The molecule has 1 aromatic carbocycles. The number of fused-ring (bicyclic) bond motifs is 1. The van der Waals surface area contributed by atoms with Gasteiger partial charge in [0.2, 0.25) is 6.08 Å². The van der Waals surface area contributed by atoms with Gasteiger partial charge in [-0.25, -0.2) is 4.79 Å². The van der Waals surface area contributed by atoms with E-state index in [0.29, 0.717) is 5.02 Å². The van der Waals surface area contributed by atoms with Gasteiger partial charge in [0.25, 0.3) is 0 Å². The third-order valence-corrected chi connectivity index (χ3v) is 4.91. The van der Waals surface area contributed by atoms with E-state index in [1.165, 1.54) is 5.56 Å². The Kier molecular flexibility index (Phi) is 3.12. The minimum Gasteiger partial charge on any atom is -0.506 e. The van der Waals surface area contributed by atoms with Crippen molar-refractivity contribution in [1.29, 1.82) is 0 Å². The number of hydrogen-bond donors (Lipinski definition) is 1. The number of phenols is 1. The Morgan fingerprint density at radius 3 is 2.68 bits per heavy atom. The highest BCUT2D eigenvalue weighted by atomic mass is 35.5. The van der Waals surface area contributed by atoms with Crippen LogP contribution in [-0.4, -0.2) is 11.2 Å². The van der Waals surface area contributed by atoms with Crippen LogP contribution in [0.3, 0.4) is 0 Å². The van der Waals surface area contributed by atoms with Crippen LogP contribution in [0.5, 0.6) is 5.75 Å². The first-order valence-electron chi connectivity index (χ1n) is 6.81. The fraction of sp³-hybridized carbons (Fsp3) is 0.533. The van der Waals surface area contributed by atoms with Crippen LogP contribution in [0.15, 0.2) is 11.1 Å². The average Bonchev–Trinajstić information content (AvgIpc) is 3.03. The maximum absolute atomic E-state index is 10.8. The normalized spacial score (nSPS) is 20.1. The maximum Gasteiger partial charge on any atom is 0.235 e. The number of aliphatic imine (C=N–C) groups is 1. The van der Waals surface area contributed by atoms with Crippen LogP contribution in [0.25, 0.3) is 0 Å². The Morgan fingerprint density at radius 1 is 1.26 bits per heavy atom. The molecule has 2 aliphatic rings. The highest BCUT2D eigenvalue weighted by molar-refractivity contribution is 6.33. The molecule has 0 radical (unpaired) electrons. The van der Waals surface area contributed by atoms with Crippen molar-refractivity contribution in [2.75, 3.05) is 0 Å². The second kappa shape index (κ2) is 4.66. The number of aryl methyl sites for hydroxylation is 1. The lowest BCUT2D eigenvalue weighted by Crippen LogP contribution is -2.19. The minimum absolute atomic E-state index is 0.114. The monoisotopic (exact) mass is 277 g/mol. The van der Waals surface area contributed by atoms with E-state index in [9.17, 15) is 9.90 Å². The van der Waals surface area contributed by atoms with Crippen molar-refractivity contribution in [3.05, 3.63) is 27.8 Å². The van der Waals surface area contributed by atoms with Crippen LogP contribution in [0.1, 0.15) is 48.8 Å². The maximum atomic E-state index is 10.8. The van der Waals surface area contributed by atoms with Crippen LogP contribution in [0.4, 0.5) is 0 Å². The SMILES string of the molecule is O=C=NC1(c2cc3c(c(Cl)c2O)CCC3)CCCC1. The molecular formula is C15H16ClNO2. The van der Waals surface area contributed by atoms with Crippen molar-refractivity contribution in [2.45, 2.75) is 50.5 Å². The van der Waals surface area contributed by atoms with Gasteiger partial charge in [0.15, 0.2) is 0 Å². The van der Waals surface area contributed by atoms with E-state index in [0.717, 1.165) is 56.1 Å². The van der Waals surface area contributed by atoms with Gasteiger partial charge in [0.1, 0.15) is 11.3 Å². The zero-order chi connectivity index (χ0) is 13.5. The molecule has 0 unspecified atom stereocenters. The molecule has 3 nitrogen and oxygen atoms in total. The van der Waals surface area contributed by atoms with Crippen LogP contribution in [0, 0.1) is 0 Å². The molecule has 100 valence electrons. The first kappa shape index (κ1) is 12.7. The van der Waals surface area contributed by atoms with E-state index < -0.39 is 5.54 Å². The molecule has 0 spiro atoms. The molecule has 0 aromatic heterocycles. The highest BCUT2D eigenvalue weighted by Gasteiger charge is 2.39. The van der Waals surface area contributed by atoms with Crippen molar-refractivity contribution in [3.8, 4) is 5.75 Å². The van der Waals surface area contributed by atoms with Crippen molar-refractivity contribution in [2.24, 2.45) is 4.99 Å². The fourth-order valence-corrected chi connectivity index (χ4v) is 3.84. The van der Waals surface area contributed by atoms with E-state index >= 15 is 0 Å². The summed E-state index contributed by atoms with van der Waals surface area (Å²) in [5, 5.41) is 10.8. The predicted molar refractivity (Wildman–Crippen MR) is 73.4 cm³/mol. The van der Waals surface area contributed by atoms with Crippen LogP contribution in [0.2, 0.25) is 5.02 Å². The summed E-state index contributed by atoms with van der Waals surface area (Å²) in [7, 11) is 0. The molecule has 0 bridgehead atoms. The van der Waals surface area contributed by atoms with Crippen molar-refractivity contribution < 1.29 is 9.90 Å². The predicted octanol–water partition coefficient (Wildman–Crippen LogP) is 3.64. The highest BCUT2D eigenvalue weighted by Crippen LogP contribution is 2.49. The van der Waals surface area contributed by atoms with Crippen molar-refractivity contribution >= 4 is 17.7 Å². The second-order valence-electron chi connectivity index (χ2n) is 5.52. The van der Waals surface area contributed by atoms with Crippen molar-refractivity contribution in [3.63, 3.8) is 0 Å². The molecule has 0 saturated heterocycles. The van der Waals surface area contributed by atoms with Gasteiger partial charge in [-0.05, 0) is 49.3 Å². The number of benzene rings is 1. The van der Waals surface area contributed by atoms with E-state index in [1.54, 1.807) is 6.08 Å². The van der Waals surface area contributed by atoms with Crippen LogP contribution >= 0.6 is 11.6 Å². The van der Waals surface area contributed by atoms with E-state index in [1.807, 2.05) is 6.07 Å². The third kappa shape index (κ3) is 1.89. The number of aromatic hydroxyl groups is 1. The lowest BCUT2D eigenvalue weighted by molar-refractivity contribution is 0.408. The number of isocyanates is 1. The molecule has 1 saturated carbocycles. The largest absolute Gasteiger partial charge is 0.506 e. The molecule has 0 amide bonds. The van der Waals surface area contributed by atoms with Gasteiger partial charge in [-0.1, -0.05) is 24.4 Å². The van der Waals surface area contributed by atoms with Gasteiger partial charge in [-0.15, -0.1) is 0 Å². The summed E-state index contributed by atoms with van der Waals surface area (Å²) in [5.74, 6) is 0.114. The summed E-state index contributed by atoms with van der Waals surface area (Å²) in [6, 6.07) is 2.01. The van der Waals surface area contributed by atoms with Gasteiger partial charge in [-0.3, -0.25) is 0 Å². The number of halogens is 1. The fourth-order valence-electron chi connectivity index (χ4n) is 3.52. The molecule has 0 aliphatic heterocycles. The van der Waals surface area contributed by atoms with Crippen molar-refractivity contribution in [1.82, 2.24) is 0 Å². The van der Waals surface area contributed by atoms with Gasteiger partial charge in [0.05, 0.1) is 5.02 Å². The first-order valence-corrected chi connectivity index (χ1v) is 7.18. The number of rotatable bonds is 2. The standard InChI is InChI=1S/C15H16ClNO2/c16-13-11-5-3-4-10(11)8-12(14(13)19)15(17-9-18)6-1-2-7-15/h8,19H,1-7H2. The quantitative estimate of drug-likeness (QED) is 0.663. The summed E-state index contributed by atoms with van der Waals surface area (Å²) in [6.45, 7) is 0. The molecular weight excluding hydrogens is 262 g/mol. The number of carbonyl (C=O) groups excluding carboxylic acids is 1. The smallest absolute Gasteiger partial charge is 0.235 e. The number of phenolic OH excluding ortho intramolecular Hbond substituents is 1. The molecule has 2 aliphatic carbocycles. The number of hydrogen-bond acceptors (Lipinski definition) is 3. The van der Waals surface area contributed by atoms with Gasteiger partial charge in [0, 0.05) is 5.56 Å². The average molecular weight is 278 g/mol. The molecule has 0 heterocycles. The molecule has 1 fully saturated rings.